The van der Waals surface area contributed by atoms with Gasteiger partial charge >= 0.3 is 0 Å². The highest BCUT2D eigenvalue weighted by molar-refractivity contribution is 6.23. The quantitative estimate of drug-likeness (QED) is 0.657. The van der Waals surface area contributed by atoms with Crippen molar-refractivity contribution in [1.29, 1.82) is 0 Å². The van der Waals surface area contributed by atoms with Crippen LogP contribution in [0.5, 0.6) is 11.5 Å². The summed E-state index contributed by atoms with van der Waals surface area (Å²) in [5.74, 6) is -1.42. The van der Waals surface area contributed by atoms with Crippen molar-refractivity contribution in [1.82, 2.24) is 0 Å². The predicted octanol–water partition coefficient (Wildman–Crippen LogP) is 3.45. The molecule has 0 aliphatic carbocycles. The standard InChI is InChI=1S/C24H20N2O5/c1-30-18-14-8-13-17(21(18)27)20-19-22(31-26(20)16-11-6-3-7-12-16)24(29)25(23(19)28)15-9-4-2-5-10-15/h2-14,19-20,22,27H,1H3/t19-,20+,22+/m0/s1. The molecule has 0 bridgehead atoms. The van der Waals surface area contributed by atoms with Gasteiger partial charge in [0.1, 0.15) is 12.0 Å². The van der Waals surface area contributed by atoms with Crippen LogP contribution in [0.25, 0.3) is 0 Å². The number of hydrogen-bond donors (Lipinski definition) is 1. The Balaban J connectivity index is 1.63. The molecular formula is C24H20N2O5. The van der Waals surface area contributed by atoms with Gasteiger partial charge in [-0.05, 0) is 30.3 Å². The van der Waals surface area contributed by atoms with Crippen LogP contribution >= 0.6 is 0 Å². The van der Waals surface area contributed by atoms with Gasteiger partial charge in [-0.15, -0.1) is 0 Å². The second-order valence-corrected chi connectivity index (χ2v) is 7.40. The zero-order valence-electron chi connectivity index (χ0n) is 16.7. The summed E-state index contributed by atoms with van der Waals surface area (Å²) in [7, 11) is 1.46. The van der Waals surface area contributed by atoms with Crippen molar-refractivity contribution < 1.29 is 24.3 Å². The highest BCUT2D eigenvalue weighted by Gasteiger charge is 2.60. The molecule has 3 atom stereocenters. The second kappa shape index (κ2) is 7.45. The number of benzene rings is 3. The molecule has 0 radical (unpaired) electrons. The molecule has 2 amide bonds. The molecule has 0 spiro atoms. The maximum atomic E-state index is 13.5. The number of amides is 2. The van der Waals surface area contributed by atoms with Crippen molar-refractivity contribution in [3.8, 4) is 11.5 Å². The highest BCUT2D eigenvalue weighted by atomic mass is 16.7. The van der Waals surface area contributed by atoms with E-state index in [0.717, 1.165) is 0 Å². The van der Waals surface area contributed by atoms with E-state index in [1.165, 1.54) is 12.0 Å². The summed E-state index contributed by atoms with van der Waals surface area (Å²) in [5, 5.41) is 12.4. The Morgan fingerprint density at radius 2 is 1.48 bits per heavy atom. The minimum absolute atomic E-state index is 0.0846. The lowest BCUT2D eigenvalue weighted by Crippen LogP contribution is -2.37. The van der Waals surface area contributed by atoms with Crippen LogP contribution in [0.4, 0.5) is 11.4 Å². The molecule has 7 nitrogen and oxygen atoms in total. The summed E-state index contributed by atoms with van der Waals surface area (Å²) in [6, 6.07) is 22.4. The maximum Gasteiger partial charge on any atom is 0.266 e. The number of rotatable bonds is 4. The van der Waals surface area contributed by atoms with Gasteiger partial charge in [0.25, 0.3) is 5.91 Å². The maximum absolute atomic E-state index is 13.5. The number of hydrogen-bond acceptors (Lipinski definition) is 6. The number of anilines is 2. The van der Waals surface area contributed by atoms with Crippen LogP contribution in [0.1, 0.15) is 11.6 Å². The average Bonchev–Trinajstić information content (AvgIpc) is 3.31. The van der Waals surface area contributed by atoms with Crippen LogP contribution in [0.3, 0.4) is 0 Å². The summed E-state index contributed by atoms with van der Waals surface area (Å²) in [5.41, 5.74) is 1.62. The van der Waals surface area contributed by atoms with Crippen molar-refractivity contribution in [2.75, 3.05) is 17.1 Å². The lowest BCUT2D eigenvalue weighted by Gasteiger charge is -2.29. The fraction of sp³-hybridized carbons (Fsp3) is 0.167. The first-order valence-corrected chi connectivity index (χ1v) is 9.91. The normalized spacial score (nSPS) is 22.7. The van der Waals surface area contributed by atoms with E-state index < -0.39 is 24.0 Å². The third kappa shape index (κ3) is 2.93. The van der Waals surface area contributed by atoms with Crippen molar-refractivity contribution in [3.05, 3.63) is 84.4 Å². The molecule has 3 aromatic rings. The van der Waals surface area contributed by atoms with E-state index in [2.05, 4.69) is 0 Å². The van der Waals surface area contributed by atoms with E-state index in [1.807, 2.05) is 36.4 Å². The number of carbonyl (C=O) groups is 2. The smallest absolute Gasteiger partial charge is 0.266 e. The fourth-order valence-electron chi connectivity index (χ4n) is 4.30. The third-order valence-electron chi connectivity index (χ3n) is 5.71. The van der Waals surface area contributed by atoms with Gasteiger partial charge in [0.2, 0.25) is 5.91 Å². The van der Waals surface area contributed by atoms with E-state index in [4.69, 9.17) is 9.57 Å². The Kier molecular flexibility index (Phi) is 4.60. The molecule has 2 aliphatic heterocycles. The molecule has 2 aliphatic rings. The monoisotopic (exact) mass is 416 g/mol. The number of methoxy groups -OCH3 is 1. The topological polar surface area (TPSA) is 79.3 Å². The lowest BCUT2D eigenvalue weighted by molar-refractivity contribution is -0.126. The number of imide groups is 1. The van der Waals surface area contributed by atoms with E-state index >= 15 is 0 Å². The molecule has 3 aromatic carbocycles. The van der Waals surface area contributed by atoms with Gasteiger partial charge in [-0.1, -0.05) is 48.5 Å². The highest BCUT2D eigenvalue weighted by Crippen LogP contribution is 2.50. The number of aromatic hydroxyl groups is 1. The van der Waals surface area contributed by atoms with Crippen LogP contribution in [-0.2, 0) is 14.4 Å². The second-order valence-electron chi connectivity index (χ2n) is 7.40. The fourth-order valence-corrected chi connectivity index (χ4v) is 4.30. The minimum atomic E-state index is -0.997. The number of phenols is 1. The van der Waals surface area contributed by atoms with Crippen LogP contribution in [0.2, 0.25) is 0 Å². The predicted molar refractivity (Wildman–Crippen MR) is 114 cm³/mol. The van der Waals surface area contributed by atoms with Crippen LogP contribution in [-0.4, -0.2) is 30.1 Å². The van der Waals surface area contributed by atoms with Crippen molar-refractivity contribution in [2.45, 2.75) is 12.1 Å². The van der Waals surface area contributed by atoms with Crippen molar-refractivity contribution in [3.63, 3.8) is 0 Å². The van der Waals surface area contributed by atoms with Crippen molar-refractivity contribution in [2.24, 2.45) is 5.92 Å². The Labute approximate surface area is 179 Å². The molecule has 31 heavy (non-hydrogen) atoms. The first-order valence-electron chi connectivity index (χ1n) is 9.91. The van der Waals surface area contributed by atoms with E-state index in [-0.39, 0.29) is 17.4 Å². The molecule has 2 heterocycles. The van der Waals surface area contributed by atoms with Gasteiger partial charge < -0.3 is 9.84 Å². The summed E-state index contributed by atoms with van der Waals surface area (Å²) < 4.78 is 5.26. The molecule has 0 unspecified atom stereocenters. The van der Waals surface area contributed by atoms with E-state index in [9.17, 15) is 14.7 Å². The molecule has 2 saturated heterocycles. The average molecular weight is 416 g/mol. The van der Waals surface area contributed by atoms with Crippen molar-refractivity contribution >= 4 is 23.2 Å². The first kappa shape index (κ1) is 19.1. The summed E-state index contributed by atoms with van der Waals surface area (Å²) in [4.78, 5) is 34.0. The van der Waals surface area contributed by atoms with Crippen LogP contribution in [0, 0.1) is 5.92 Å². The SMILES string of the molecule is COc1cccc([C@@H]2[C@@H]3C(=O)N(c4ccccc4)C(=O)[C@@H]3ON2c2ccccc2)c1O. The minimum Gasteiger partial charge on any atom is -0.504 e. The first-order chi connectivity index (χ1) is 15.1. The largest absolute Gasteiger partial charge is 0.504 e. The number of para-hydroxylation sites is 3. The van der Waals surface area contributed by atoms with Gasteiger partial charge in [0, 0.05) is 5.56 Å². The van der Waals surface area contributed by atoms with Gasteiger partial charge in [0.05, 0.1) is 18.5 Å². The summed E-state index contributed by atoms with van der Waals surface area (Å²) in [6.45, 7) is 0. The van der Waals surface area contributed by atoms with E-state index in [1.54, 1.807) is 47.5 Å². The molecule has 5 rings (SSSR count). The number of fused-ring (bicyclic) bond motifs is 1. The van der Waals surface area contributed by atoms with Gasteiger partial charge in [-0.3, -0.25) is 14.4 Å². The molecule has 0 saturated carbocycles. The van der Waals surface area contributed by atoms with Gasteiger partial charge in [-0.25, -0.2) is 9.96 Å². The number of phenolic OH excluding ortho intramolecular Hbond substituents is 1. The molecule has 0 aromatic heterocycles. The Bertz CT molecular complexity index is 1140. The molecular weight excluding hydrogens is 396 g/mol. The number of ether oxygens (including phenoxy) is 1. The molecule has 1 N–H and O–H groups in total. The number of hydroxylamine groups is 1. The van der Waals surface area contributed by atoms with Gasteiger partial charge in [0.15, 0.2) is 17.6 Å². The van der Waals surface area contributed by atoms with E-state index in [0.29, 0.717) is 16.9 Å². The summed E-state index contributed by atoms with van der Waals surface area (Å²) in [6.07, 6.45) is -0.997. The number of carbonyl (C=O) groups excluding carboxylic acids is 2. The van der Waals surface area contributed by atoms with Crippen LogP contribution < -0.4 is 14.7 Å². The summed E-state index contributed by atoms with van der Waals surface area (Å²) >= 11 is 0. The molecule has 2 fully saturated rings. The Morgan fingerprint density at radius 1 is 0.839 bits per heavy atom. The van der Waals surface area contributed by atoms with Crippen LogP contribution in [0.15, 0.2) is 78.9 Å². The lowest BCUT2D eigenvalue weighted by atomic mass is 9.90. The zero-order valence-corrected chi connectivity index (χ0v) is 16.7. The molecule has 156 valence electrons. The molecule has 7 heteroatoms. The Hall–Kier alpha value is -3.84. The van der Waals surface area contributed by atoms with Gasteiger partial charge in [-0.2, -0.15) is 0 Å². The zero-order chi connectivity index (χ0) is 21.5. The number of nitrogens with zero attached hydrogens (tertiary/aromatic N) is 2. The third-order valence-corrected chi connectivity index (χ3v) is 5.71. The Morgan fingerprint density at radius 3 is 2.13 bits per heavy atom.